The van der Waals surface area contributed by atoms with E-state index in [2.05, 4.69) is 29.7 Å². The maximum absolute atomic E-state index is 6.53. The monoisotopic (exact) mass is 261 g/mol. The zero-order chi connectivity index (χ0) is 13.4. The third-order valence-corrected chi connectivity index (χ3v) is 5.36. The van der Waals surface area contributed by atoms with Crippen molar-refractivity contribution in [3.05, 3.63) is 17.5 Å². The molecule has 1 aromatic rings. The van der Waals surface area contributed by atoms with Gasteiger partial charge in [-0.15, -0.1) is 0 Å². The fourth-order valence-corrected chi connectivity index (χ4v) is 4.34. The summed E-state index contributed by atoms with van der Waals surface area (Å²) in [6, 6.07) is 2.60. The quantitative estimate of drug-likeness (QED) is 0.885. The van der Waals surface area contributed by atoms with Gasteiger partial charge in [-0.05, 0) is 56.4 Å². The third-order valence-electron chi connectivity index (χ3n) is 5.36. The maximum Gasteiger partial charge on any atom is 0.0624 e. The summed E-state index contributed by atoms with van der Waals surface area (Å²) >= 11 is 0. The van der Waals surface area contributed by atoms with Crippen molar-refractivity contribution in [1.29, 1.82) is 0 Å². The number of hydrogen-bond acceptors (Lipinski definition) is 2. The Hall–Kier alpha value is -0.830. The lowest BCUT2D eigenvalue weighted by Gasteiger charge is -2.27. The number of hydrogen-bond donors (Lipinski definition) is 1. The smallest absolute Gasteiger partial charge is 0.0624 e. The maximum atomic E-state index is 6.53. The SMILES string of the molecule is CCc1cc(CC(N)C2CC3CCC2C3)n(CC)n1. The van der Waals surface area contributed by atoms with E-state index in [1.54, 1.807) is 0 Å². The molecule has 0 aromatic carbocycles. The van der Waals surface area contributed by atoms with Crippen LogP contribution in [-0.2, 0) is 19.4 Å². The summed E-state index contributed by atoms with van der Waals surface area (Å²) < 4.78 is 2.14. The van der Waals surface area contributed by atoms with E-state index in [0.29, 0.717) is 6.04 Å². The molecule has 0 saturated heterocycles. The Kier molecular flexibility index (Phi) is 3.66. The molecule has 4 atom stereocenters. The van der Waals surface area contributed by atoms with E-state index in [4.69, 9.17) is 5.73 Å². The number of aryl methyl sites for hydroxylation is 2. The highest BCUT2D eigenvalue weighted by atomic mass is 15.3. The molecule has 3 nitrogen and oxygen atoms in total. The van der Waals surface area contributed by atoms with Crippen LogP contribution >= 0.6 is 0 Å². The molecule has 1 heterocycles. The minimum atomic E-state index is 0.335. The van der Waals surface area contributed by atoms with Crippen LogP contribution in [0.5, 0.6) is 0 Å². The number of rotatable bonds is 5. The molecule has 19 heavy (non-hydrogen) atoms. The summed E-state index contributed by atoms with van der Waals surface area (Å²) in [6.45, 7) is 5.29. The van der Waals surface area contributed by atoms with E-state index in [0.717, 1.165) is 37.1 Å². The fraction of sp³-hybridized carbons (Fsp3) is 0.812. The minimum absolute atomic E-state index is 0.335. The van der Waals surface area contributed by atoms with Crippen LogP contribution in [0.15, 0.2) is 6.07 Å². The summed E-state index contributed by atoms with van der Waals surface area (Å²) in [5, 5.41) is 4.64. The largest absolute Gasteiger partial charge is 0.327 e. The van der Waals surface area contributed by atoms with E-state index < -0.39 is 0 Å². The Bertz CT molecular complexity index is 437. The van der Waals surface area contributed by atoms with Gasteiger partial charge in [0.25, 0.3) is 0 Å². The first kappa shape index (κ1) is 13.2. The molecular formula is C16H27N3. The molecule has 3 rings (SSSR count). The van der Waals surface area contributed by atoms with Crippen LogP contribution < -0.4 is 5.73 Å². The van der Waals surface area contributed by atoms with Gasteiger partial charge < -0.3 is 5.73 Å². The van der Waals surface area contributed by atoms with Gasteiger partial charge in [-0.2, -0.15) is 5.10 Å². The number of nitrogens with zero attached hydrogens (tertiary/aromatic N) is 2. The van der Waals surface area contributed by atoms with Crippen LogP contribution in [-0.4, -0.2) is 15.8 Å². The van der Waals surface area contributed by atoms with Crippen molar-refractivity contribution in [2.45, 2.75) is 65.0 Å². The van der Waals surface area contributed by atoms with Crippen LogP contribution in [0.25, 0.3) is 0 Å². The number of aromatic nitrogens is 2. The highest BCUT2D eigenvalue weighted by Crippen LogP contribution is 2.49. The molecule has 2 saturated carbocycles. The lowest BCUT2D eigenvalue weighted by molar-refractivity contribution is 0.277. The predicted octanol–water partition coefficient (Wildman–Crippen LogP) is 2.77. The molecule has 2 N–H and O–H groups in total. The van der Waals surface area contributed by atoms with Crippen molar-refractivity contribution in [3.8, 4) is 0 Å². The average Bonchev–Trinajstić information content (AvgIpc) is 3.12. The number of nitrogens with two attached hydrogens (primary N) is 1. The average molecular weight is 261 g/mol. The van der Waals surface area contributed by atoms with Gasteiger partial charge in [0.2, 0.25) is 0 Å². The highest BCUT2D eigenvalue weighted by Gasteiger charge is 2.42. The van der Waals surface area contributed by atoms with Crippen molar-refractivity contribution in [2.75, 3.05) is 0 Å². The van der Waals surface area contributed by atoms with Gasteiger partial charge in [0.1, 0.15) is 0 Å². The Balaban J connectivity index is 1.69. The third kappa shape index (κ3) is 2.45. The summed E-state index contributed by atoms with van der Waals surface area (Å²) in [5.74, 6) is 2.68. The summed E-state index contributed by atoms with van der Waals surface area (Å²) in [6.07, 6.45) is 7.74. The van der Waals surface area contributed by atoms with E-state index in [1.165, 1.54) is 37.1 Å². The van der Waals surface area contributed by atoms with Crippen LogP contribution in [0.1, 0.15) is 50.9 Å². The van der Waals surface area contributed by atoms with Crippen LogP contribution in [0.4, 0.5) is 0 Å². The Morgan fingerprint density at radius 2 is 2.21 bits per heavy atom. The number of fused-ring (bicyclic) bond motifs is 2. The topological polar surface area (TPSA) is 43.8 Å². The first-order chi connectivity index (χ1) is 9.21. The van der Waals surface area contributed by atoms with Gasteiger partial charge in [-0.1, -0.05) is 13.3 Å². The van der Waals surface area contributed by atoms with Crippen molar-refractivity contribution < 1.29 is 0 Å². The fourth-order valence-electron chi connectivity index (χ4n) is 4.34. The zero-order valence-corrected chi connectivity index (χ0v) is 12.3. The minimum Gasteiger partial charge on any atom is -0.327 e. The van der Waals surface area contributed by atoms with Crippen LogP contribution in [0.3, 0.4) is 0 Å². The van der Waals surface area contributed by atoms with E-state index in [1.807, 2.05) is 0 Å². The zero-order valence-electron chi connectivity index (χ0n) is 12.3. The van der Waals surface area contributed by atoms with Crippen molar-refractivity contribution in [3.63, 3.8) is 0 Å². The van der Waals surface area contributed by atoms with Crippen LogP contribution in [0, 0.1) is 17.8 Å². The van der Waals surface area contributed by atoms with Crippen molar-refractivity contribution >= 4 is 0 Å². The van der Waals surface area contributed by atoms with Gasteiger partial charge in [-0.25, -0.2) is 0 Å². The van der Waals surface area contributed by atoms with Gasteiger partial charge in [0.15, 0.2) is 0 Å². The van der Waals surface area contributed by atoms with E-state index >= 15 is 0 Å². The molecule has 0 aliphatic heterocycles. The van der Waals surface area contributed by atoms with Gasteiger partial charge in [0, 0.05) is 24.7 Å². The molecule has 2 fully saturated rings. The van der Waals surface area contributed by atoms with E-state index in [9.17, 15) is 0 Å². The van der Waals surface area contributed by atoms with E-state index in [-0.39, 0.29) is 0 Å². The van der Waals surface area contributed by atoms with Crippen molar-refractivity contribution in [1.82, 2.24) is 9.78 Å². The molecule has 3 heteroatoms. The molecule has 0 amide bonds. The van der Waals surface area contributed by atoms with Gasteiger partial charge >= 0.3 is 0 Å². The highest BCUT2D eigenvalue weighted by molar-refractivity contribution is 5.13. The molecule has 0 radical (unpaired) electrons. The van der Waals surface area contributed by atoms with Crippen molar-refractivity contribution in [2.24, 2.45) is 23.5 Å². The first-order valence-corrected chi connectivity index (χ1v) is 8.02. The second-order valence-corrected chi connectivity index (χ2v) is 6.50. The summed E-state index contributed by atoms with van der Waals surface area (Å²) in [5.41, 5.74) is 9.08. The first-order valence-electron chi connectivity index (χ1n) is 8.02. The molecular weight excluding hydrogens is 234 g/mol. The molecule has 1 aromatic heterocycles. The second-order valence-electron chi connectivity index (χ2n) is 6.50. The lowest BCUT2D eigenvalue weighted by Crippen LogP contribution is -2.36. The summed E-state index contributed by atoms with van der Waals surface area (Å²) in [4.78, 5) is 0. The Morgan fingerprint density at radius 3 is 2.79 bits per heavy atom. The molecule has 0 spiro atoms. The van der Waals surface area contributed by atoms with Gasteiger partial charge in [-0.3, -0.25) is 4.68 Å². The van der Waals surface area contributed by atoms with Gasteiger partial charge in [0.05, 0.1) is 5.69 Å². The summed E-state index contributed by atoms with van der Waals surface area (Å²) in [7, 11) is 0. The lowest BCUT2D eigenvalue weighted by atomic mass is 9.82. The Morgan fingerprint density at radius 1 is 1.37 bits per heavy atom. The molecule has 2 aliphatic carbocycles. The standard InChI is InChI=1S/C16H27N3/c1-3-13-9-14(19(4-2)18-13)10-16(17)15-8-11-5-6-12(15)7-11/h9,11-12,15-16H,3-8,10,17H2,1-2H3. The predicted molar refractivity (Wildman–Crippen MR) is 77.9 cm³/mol. The molecule has 2 bridgehead atoms. The molecule has 4 unspecified atom stereocenters. The Labute approximate surface area is 116 Å². The molecule has 106 valence electrons. The molecule has 2 aliphatic rings. The normalized spacial score (nSPS) is 31.0. The van der Waals surface area contributed by atoms with Crippen LogP contribution in [0.2, 0.25) is 0 Å². The second kappa shape index (κ2) is 5.28.